The zero-order chi connectivity index (χ0) is 21.7. The zero-order valence-electron chi connectivity index (χ0n) is 17.7. The largest absolute Gasteiger partial charge is 0.444 e. The maximum Gasteiger partial charge on any atom is 0.416 e. The Morgan fingerprint density at radius 3 is 2.31 bits per heavy atom. The van der Waals surface area contributed by atoms with E-state index in [0.29, 0.717) is 24.2 Å². The van der Waals surface area contributed by atoms with Crippen molar-refractivity contribution in [2.24, 2.45) is 0 Å². The molecule has 1 aliphatic rings. The number of carbonyl (C=O) groups excluding carboxylic acids is 1. The summed E-state index contributed by atoms with van der Waals surface area (Å²) in [6.45, 7) is 11.9. The number of aryl methyl sites for hydroxylation is 1. The van der Waals surface area contributed by atoms with Crippen molar-refractivity contribution in [3.05, 3.63) is 34.9 Å². The predicted octanol–water partition coefficient (Wildman–Crippen LogP) is 4.05. The van der Waals surface area contributed by atoms with Gasteiger partial charge in [-0.05, 0) is 52.3 Å². The molecule has 0 atom stereocenters. The second-order valence-corrected chi connectivity index (χ2v) is 8.56. The standard InChI is InChI=1S/C21H32F3N3O2/c1-16-6-7-17(18(14-16)21(22,23)24)15-27-12-10-26(11-13-27)9-5-8-25-19(28)29-20(2,3)4/h6-7,14H,5,8-13,15H2,1-4H3,(H,25,28). The topological polar surface area (TPSA) is 44.8 Å². The average molecular weight is 416 g/mol. The fourth-order valence-corrected chi connectivity index (χ4v) is 3.31. The summed E-state index contributed by atoms with van der Waals surface area (Å²) in [7, 11) is 0. The van der Waals surface area contributed by atoms with Crippen LogP contribution in [0, 0.1) is 6.92 Å². The first kappa shape index (κ1) is 23.5. The van der Waals surface area contributed by atoms with Gasteiger partial charge in [-0.3, -0.25) is 4.90 Å². The van der Waals surface area contributed by atoms with Gasteiger partial charge in [0.05, 0.1) is 5.56 Å². The lowest BCUT2D eigenvalue weighted by molar-refractivity contribution is -0.138. The highest BCUT2D eigenvalue weighted by molar-refractivity contribution is 5.67. The second kappa shape index (κ2) is 9.80. The maximum absolute atomic E-state index is 13.3. The van der Waals surface area contributed by atoms with Gasteiger partial charge in [-0.1, -0.05) is 17.7 Å². The van der Waals surface area contributed by atoms with E-state index in [1.165, 1.54) is 6.07 Å². The minimum absolute atomic E-state index is 0.309. The van der Waals surface area contributed by atoms with Crippen molar-refractivity contribution < 1.29 is 22.7 Å². The minimum Gasteiger partial charge on any atom is -0.444 e. The van der Waals surface area contributed by atoms with E-state index in [-0.39, 0.29) is 0 Å². The third-order valence-electron chi connectivity index (χ3n) is 4.75. The number of alkyl carbamates (subject to hydrolysis) is 1. The van der Waals surface area contributed by atoms with Crippen LogP contribution in [-0.2, 0) is 17.5 Å². The normalized spacial score (nSPS) is 16.7. The van der Waals surface area contributed by atoms with Crippen molar-refractivity contribution in [1.29, 1.82) is 0 Å². The summed E-state index contributed by atoms with van der Waals surface area (Å²) in [4.78, 5) is 15.9. The molecule has 1 aromatic rings. The number of halogens is 3. The molecule has 8 heteroatoms. The highest BCUT2D eigenvalue weighted by Gasteiger charge is 2.33. The monoisotopic (exact) mass is 415 g/mol. The van der Waals surface area contributed by atoms with Gasteiger partial charge in [-0.25, -0.2) is 4.79 Å². The molecule has 5 nitrogen and oxygen atoms in total. The Bertz CT molecular complexity index is 679. The zero-order valence-corrected chi connectivity index (χ0v) is 17.7. The summed E-state index contributed by atoms with van der Waals surface area (Å²) < 4.78 is 45.1. The van der Waals surface area contributed by atoms with Crippen LogP contribution in [0.1, 0.15) is 43.9 Å². The van der Waals surface area contributed by atoms with E-state index in [0.717, 1.165) is 39.1 Å². The van der Waals surface area contributed by atoms with Crippen LogP contribution in [-0.4, -0.2) is 60.8 Å². The molecule has 1 aromatic carbocycles. The summed E-state index contributed by atoms with van der Waals surface area (Å²) in [6, 6.07) is 4.55. The van der Waals surface area contributed by atoms with E-state index >= 15 is 0 Å². The summed E-state index contributed by atoms with van der Waals surface area (Å²) in [5.74, 6) is 0. The number of piperazine rings is 1. The van der Waals surface area contributed by atoms with Crippen molar-refractivity contribution in [2.45, 2.75) is 52.4 Å². The molecule has 1 fully saturated rings. The van der Waals surface area contributed by atoms with Crippen LogP contribution < -0.4 is 5.32 Å². The lowest BCUT2D eigenvalue weighted by atomic mass is 10.0. The van der Waals surface area contributed by atoms with Crippen LogP contribution in [0.4, 0.5) is 18.0 Å². The van der Waals surface area contributed by atoms with Crippen LogP contribution >= 0.6 is 0 Å². The molecule has 0 radical (unpaired) electrons. The van der Waals surface area contributed by atoms with Crippen LogP contribution in [0.5, 0.6) is 0 Å². The maximum atomic E-state index is 13.3. The van der Waals surface area contributed by atoms with Crippen molar-refractivity contribution in [1.82, 2.24) is 15.1 Å². The highest BCUT2D eigenvalue weighted by atomic mass is 19.4. The first-order valence-electron chi connectivity index (χ1n) is 10.0. The first-order chi connectivity index (χ1) is 13.4. The third-order valence-corrected chi connectivity index (χ3v) is 4.75. The second-order valence-electron chi connectivity index (χ2n) is 8.56. The molecule has 1 heterocycles. The van der Waals surface area contributed by atoms with Crippen LogP contribution in [0.15, 0.2) is 18.2 Å². The predicted molar refractivity (Wildman–Crippen MR) is 107 cm³/mol. The van der Waals surface area contributed by atoms with E-state index < -0.39 is 23.4 Å². The lowest BCUT2D eigenvalue weighted by Crippen LogP contribution is -2.46. The Morgan fingerprint density at radius 2 is 1.72 bits per heavy atom. The average Bonchev–Trinajstić information content (AvgIpc) is 2.59. The van der Waals surface area contributed by atoms with Crippen molar-refractivity contribution in [2.75, 3.05) is 39.3 Å². The smallest absolute Gasteiger partial charge is 0.416 e. The Kier molecular flexibility index (Phi) is 7.94. The van der Waals surface area contributed by atoms with E-state index in [1.54, 1.807) is 19.1 Å². The van der Waals surface area contributed by atoms with E-state index in [1.807, 2.05) is 20.8 Å². The molecule has 0 aliphatic carbocycles. The van der Waals surface area contributed by atoms with E-state index in [9.17, 15) is 18.0 Å². The van der Waals surface area contributed by atoms with Gasteiger partial charge in [-0.2, -0.15) is 13.2 Å². The van der Waals surface area contributed by atoms with Gasteiger partial charge in [-0.15, -0.1) is 0 Å². The summed E-state index contributed by atoms with van der Waals surface area (Å²) in [5.41, 5.74) is -0.0961. The number of rotatable bonds is 6. The van der Waals surface area contributed by atoms with Crippen molar-refractivity contribution in [3.63, 3.8) is 0 Å². The number of amides is 1. The van der Waals surface area contributed by atoms with Crippen molar-refractivity contribution in [3.8, 4) is 0 Å². The van der Waals surface area contributed by atoms with Gasteiger partial charge in [0.25, 0.3) is 0 Å². The Labute approximate surface area is 171 Å². The van der Waals surface area contributed by atoms with Crippen molar-refractivity contribution >= 4 is 6.09 Å². The first-order valence-corrected chi connectivity index (χ1v) is 10.0. The number of hydrogen-bond donors (Lipinski definition) is 1. The van der Waals surface area contributed by atoms with Gasteiger partial charge < -0.3 is 15.0 Å². The quantitative estimate of drug-likeness (QED) is 0.712. The van der Waals surface area contributed by atoms with Gasteiger partial charge >= 0.3 is 12.3 Å². The molecule has 0 saturated carbocycles. The molecule has 0 spiro atoms. The number of nitrogens with one attached hydrogen (secondary N) is 1. The summed E-state index contributed by atoms with van der Waals surface area (Å²) in [5, 5.41) is 2.74. The molecule has 164 valence electrons. The highest BCUT2D eigenvalue weighted by Crippen LogP contribution is 2.33. The molecule has 29 heavy (non-hydrogen) atoms. The molecule has 0 aromatic heterocycles. The summed E-state index contributed by atoms with van der Waals surface area (Å²) in [6.07, 6.45) is -3.94. The van der Waals surface area contributed by atoms with Gasteiger partial charge in [0, 0.05) is 39.3 Å². The molecular weight excluding hydrogens is 383 g/mol. The molecular formula is C21H32F3N3O2. The summed E-state index contributed by atoms with van der Waals surface area (Å²) >= 11 is 0. The number of alkyl halides is 3. The Balaban J connectivity index is 1.73. The number of benzene rings is 1. The van der Waals surface area contributed by atoms with E-state index in [4.69, 9.17) is 4.74 Å². The minimum atomic E-state index is -4.33. The molecule has 0 bridgehead atoms. The Morgan fingerprint density at radius 1 is 1.10 bits per heavy atom. The molecule has 1 aliphatic heterocycles. The van der Waals surface area contributed by atoms with Gasteiger partial charge in [0.15, 0.2) is 0 Å². The number of nitrogens with zero attached hydrogens (tertiary/aromatic N) is 2. The van der Waals surface area contributed by atoms with Crippen LogP contribution in [0.3, 0.4) is 0 Å². The number of hydrogen-bond acceptors (Lipinski definition) is 4. The SMILES string of the molecule is Cc1ccc(CN2CCN(CCCNC(=O)OC(C)(C)C)CC2)c(C(F)(F)F)c1. The Hall–Kier alpha value is -1.80. The van der Waals surface area contributed by atoms with E-state index in [2.05, 4.69) is 15.1 Å². The lowest BCUT2D eigenvalue weighted by Gasteiger charge is -2.35. The molecule has 1 amide bonds. The van der Waals surface area contributed by atoms with Gasteiger partial charge in [0.1, 0.15) is 5.60 Å². The molecule has 1 saturated heterocycles. The van der Waals surface area contributed by atoms with Gasteiger partial charge in [0.2, 0.25) is 0 Å². The molecule has 1 N–H and O–H groups in total. The number of carbonyl (C=O) groups is 1. The molecule has 0 unspecified atom stereocenters. The number of ether oxygens (including phenoxy) is 1. The molecule has 2 rings (SSSR count). The third kappa shape index (κ3) is 8.22. The van der Waals surface area contributed by atoms with Crippen LogP contribution in [0.2, 0.25) is 0 Å². The van der Waals surface area contributed by atoms with Crippen LogP contribution in [0.25, 0.3) is 0 Å². The fraction of sp³-hybridized carbons (Fsp3) is 0.667. The fourth-order valence-electron chi connectivity index (χ4n) is 3.31.